The molecule has 2 heterocycles. The molecule has 1 aliphatic rings. The van der Waals surface area contributed by atoms with Gasteiger partial charge in [-0.05, 0) is 56.0 Å². The van der Waals surface area contributed by atoms with Crippen molar-refractivity contribution in [1.82, 2.24) is 14.7 Å². The molecular formula is C23H26F3N5O. The average molecular weight is 445 g/mol. The van der Waals surface area contributed by atoms with Crippen LogP contribution in [0.15, 0.2) is 48.7 Å². The number of aromatic nitrogens is 2. The first-order valence-corrected chi connectivity index (χ1v) is 10.8. The molecule has 170 valence electrons. The number of hydrogen-bond acceptors (Lipinski definition) is 4. The zero-order chi connectivity index (χ0) is 22.5. The van der Waals surface area contributed by atoms with Gasteiger partial charge in [-0.25, -0.2) is 18.2 Å². The molecule has 0 unspecified atom stereocenters. The van der Waals surface area contributed by atoms with E-state index in [0.717, 1.165) is 31.5 Å². The molecule has 0 aliphatic heterocycles. The van der Waals surface area contributed by atoms with Crippen molar-refractivity contribution in [1.29, 1.82) is 0 Å². The van der Waals surface area contributed by atoms with Crippen LogP contribution in [0.2, 0.25) is 0 Å². The number of carbonyl (C=O) groups is 1. The first kappa shape index (κ1) is 22.0. The second-order valence-electron chi connectivity index (χ2n) is 7.97. The summed E-state index contributed by atoms with van der Waals surface area (Å²) in [5, 5.41) is 9.45. The van der Waals surface area contributed by atoms with Crippen molar-refractivity contribution in [2.24, 2.45) is 0 Å². The van der Waals surface area contributed by atoms with Gasteiger partial charge in [0, 0.05) is 36.1 Å². The number of alkyl halides is 3. The predicted molar refractivity (Wildman–Crippen MR) is 118 cm³/mol. The maximum atomic E-state index is 13.0. The topological polar surface area (TPSA) is 70.5 Å². The molecule has 1 aliphatic carbocycles. The monoisotopic (exact) mass is 445 g/mol. The number of nitrogens with one attached hydrogen (secondary N) is 3. The van der Waals surface area contributed by atoms with Gasteiger partial charge in [-0.2, -0.15) is 0 Å². The van der Waals surface area contributed by atoms with Crippen LogP contribution in [0.5, 0.6) is 0 Å². The summed E-state index contributed by atoms with van der Waals surface area (Å²) in [6.07, 6.45) is 2.06. The Balaban J connectivity index is 1.32. The highest BCUT2D eigenvalue weighted by atomic mass is 19.3. The lowest BCUT2D eigenvalue weighted by molar-refractivity contribution is 0.0926. The van der Waals surface area contributed by atoms with Crippen LogP contribution < -0.4 is 16.0 Å². The lowest BCUT2D eigenvalue weighted by atomic mass is 9.91. The van der Waals surface area contributed by atoms with Gasteiger partial charge in [0.2, 0.25) is 0 Å². The van der Waals surface area contributed by atoms with Crippen molar-refractivity contribution in [2.45, 2.75) is 44.2 Å². The molecule has 0 atom stereocenters. The van der Waals surface area contributed by atoms with Crippen LogP contribution in [0.3, 0.4) is 0 Å². The van der Waals surface area contributed by atoms with E-state index in [4.69, 9.17) is 0 Å². The first-order chi connectivity index (χ1) is 15.5. The van der Waals surface area contributed by atoms with Crippen LogP contribution in [-0.4, -0.2) is 40.6 Å². The van der Waals surface area contributed by atoms with Crippen LogP contribution in [0.1, 0.15) is 48.2 Å². The molecule has 3 aromatic rings. The van der Waals surface area contributed by atoms with Gasteiger partial charge in [0.15, 0.2) is 0 Å². The van der Waals surface area contributed by atoms with E-state index in [9.17, 15) is 18.0 Å². The normalized spacial score (nSPS) is 18.6. The van der Waals surface area contributed by atoms with E-state index in [0.29, 0.717) is 16.9 Å². The molecular weight excluding hydrogens is 419 g/mol. The molecule has 0 radical (unpaired) electrons. The van der Waals surface area contributed by atoms with Crippen LogP contribution in [-0.2, 0) is 0 Å². The summed E-state index contributed by atoms with van der Waals surface area (Å²) in [5.74, 6) is 0.583. The quantitative estimate of drug-likeness (QED) is 0.466. The summed E-state index contributed by atoms with van der Waals surface area (Å²) < 4.78 is 40.0. The van der Waals surface area contributed by atoms with Gasteiger partial charge in [-0.1, -0.05) is 12.1 Å². The molecule has 32 heavy (non-hydrogen) atoms. The Bertz CT molecular complexity index is 1060. The van der Waals surface area contributed by atoms with E-state index in [1.165, 1.54) is 6.20 Å². The molecule has 1 fully saturated rings. The van der Waals surface area contributed by atoms with Gasteiger partial charge in [0.25, 0.3) is 12.3 Å². The minimum atomic E-state index is -2.61. The van der Waals surface area contributed by atoms with Gasteiger partial charge in [0.05, 0.1) is 0 Å². The number of imidazole rings is 1. The van der Waals surface area contributed by atoms with E-state index in [1.54, 1.807) is 40.8 Å². The van der Waals surface area contributed by atoms with Gasteiger partial charge >= 0.3 is 0 Å². The summed E-state index contributed by atoms with van der Waals surface area (Å²) in [6, 6.07) is 12.6. The van der Waals surface area contributed by atoms with Crippen LogP contribution in [0, 0.1) is 0 Å². The highest BCUT2D eigenvalue weighted by molar-refractivity contribution is 5.95. The van der Waals surface area contributed by atoms with Gasteiger partial charge in [-0.15, -0.1) is 0 Å². The van der Waals surface area contributed by atoms with Crippen molar-refractivity contribution in [3.8, 4) is 0 Å². The number of anilines is 2. The summed E-state index contributed by atoms with van der Waals surface area (Å²) in [5.41, 5.74) is 1.49. The van der Waals surface area contributed by atoms with Crippen LogP contribution in [0.25, 0.3) is 5.65 Å². The number of hydrogen-bond donors (Lipinski definition) is 3. The predicted octanol–water partition coefficient (Wildman–Crippen LogP) is 4.81. The Morgan fingerprint density at radius 1 is 1.09 bits per heavy atom. The second-order valence-corrected chi connectivity index (χ2v) is 7.97. The fourth-order valence-electron chi connectivity index (χ4n) is 4.07. The largest absolute Gasteiger partial charge is 0.382 e. The third kappa shape index (κ3) is 5.15. The number of carbonyl (C=O) groups excluding carboxylic acids is 1. The number of nitrogens with zero attached hydrogens (tertiary/aromatic N) is 2. The molecule has 3 N–H and O–H groups in total. The Kier molecular flexibility index (Phi) is 6.82. The number of rotatable bonds is 8. The minimum Gasteiger partial charge on any atom is -0.382 e. The fourth-order valence-corrected chi connectivity index (χ4v) is 4.07. The zero-order valence-electron chi connectivity index (χ0n) is 17.5. The summed E-state index contributed by atoms with van der Waals surface area (Å²) in [4.78, 5) is 16.6. The number of amides is 1. The highest BCUT2D eigenvalue weighted by Gasteiger charge is 2.23. The average Bonchev–Trinajstić information content (AvgIpc) is 3.25. The van der Waals surface area contributed by atoms with Gasteiger partial charge in [-0.3, -0.25) is 9.20 Å². The molecule has 0 bridgehead atoms. The molecule has 1 aromatic carbocycles. The number of benzene rings is 1. The first-order valence-electron chi connectivity index (χ1n) is 10.8. The van der Waals surface area contributed by atoms with Crippen molar-refractivity contribution < 1.29 is 18.0 Å². The SMILES string of the molecule is O=C(N[C@H]1CC[C@@H](Nc2cccc3nc(C(F)F)cn23)CC1)c1cccc(NCCF)c1. The molecule has 0 spiro atoms. The summed E-state index contributed by atoms with van der Waals surface area (Å²) in [6.45, 7) is -0.269. The molecule has 0 saturated heterocycles. The number of pyridine rings is 1. The summed E-state index contributed by atoms with van der Waals surface area (Å²) >= 11 is 0. The van der Waals surface area contributed by atoms with Gasteiger partial charge < -0.3 is 16.0 Å². The summed E-state index contributed by atoms with van der Waals surface area (Å²) in [7, 11) is 0. The van der Waals surface area contributed by atoms with E-state index in [-0.39, 0.29) is 30.2 Å². The van der Waals surface area contributed by atoms with Gasteiger partial charge in [0.1, 0.15) is 23.8 Å². The third-order valence-electron chi connectivity index (χ3n) is 5.70. The molecule has 6 nitrogen and oxygen atoms in total. The molecule has 1 amide bonds. The highest BCUT2D eigenvalue weighted by Crippen LogP contribution is 2.25. The van der Waals surface area contributed by atoms with Crippen molar-refractivity contribution >= 4 is 23.1 Å². The standard InChI is InChI=1S/C23H26F3N5O/c24-11-12-27-18-4-1-3-15(13-18)23(32)29-17-9-7-16(8-10-17)28-20-5-2-6-21-30-19(22(25)26)14-31(20)21/h1-6,13-14,16-17,22,27-28H,7-12H2,(H,29,32)/t16-,17+. The third-order valence-corrected chi connectivity index (χ3v) is 5.70. The minimum absolute atomic E-state index is 0.0671. The van der Waals surface area contributed by atoms with Crippen molar-refractivity contribution in [3.63, 3.8) is 0 Å². The Morgan fingerprint density at radius 3 is 2.59 bits per heavy atom. The number of fused-ring (bicyclic) bond motifs is 1. The molecule has 2 aromatic heterocycles. The Labute approximate surface area is 184 Å². The lowest BCUT2D eigenvalue weighted by Crippen LogP contribution is -2.40. The maximum absolute atomic E-state index is 13.0. The van der Waals surface area contributed by atoms with Crippen LogP contribution >= 0.6 is 0 Å². The maximum Gasteiger partial charge on any atom is 0.281 e. The number of halogens is 3. The van der Waals surface area contributed by atoms with Crippen molar-refractivity contribution in [2.75, 3.05) is 23.9 Å². The molecule has 4 rings (SSSR count). The Hall–Kier alpha value is -3.23. The zero-order valence-corrected chi connectivity index (χ0v) is 17.5. The van der Waals surface area contributed by atoms with E-state index in [1.807, 2.05) is 6.07 Å². The lowest BCUT2D eigenvalue weighted by Gasteiger charge is -2.30. The Morgan fingerprint density at radius 2 is 1.84 bits per heavy atom. The fraction of sp³-hybridized carbons (Fsp3) is 0.391. The molecule has 9 heteroatoms. The molecule has 1 saturated carbocycles. The van der Waals surface area contributed by atoms with Crippen molar-refractivity contribution in [3.05, 3.63) is 59.9 Å². The van der Waals surface area contributed by atoms with E-state index >= 15 is 0 Å². The van der Waals surface area contributed by atoms with Crippen LogP contribution in [0.4, 0.5) is 24.7 Å². The smallest absolute Gasteiger partial charge is 0.281 e. The van der Waals surface area contributed by atoms with E-state index in [2.05, 4.69) is 20.9 Å². The van der Waals surface area contributed by atoms with E-state index < -0.39 is 13.1 Å². The second kappa shape index (κ2) is 9.93.